The molecule has 134 valence electrons. The fourth-order valence-electron chi connectivity index (χ4n) is 2.13. The van der Waals surface area contributed by atoms with Crippen molar-refractivity contribution in [1.29, 1.82) is 0 Å². The zero-order valence-electron chi connectivity index (χ0n) is 14.4. The van der Waals surface area contributed by atoms with Crippen molar-refractivity contribution < 1.29 is 28.5 Å². The molecule has 2 rings (SSSR count). The van der Waals surface area contributed by atoms with Crippen LogP contribution in [0.5, 0.6) is 17.2 Å². The van der Waals surface area contributed by atoms with Crippen molar-refractivity contribution in [3.8, 4) is 17.2 Å². The summed E-state index contributed by atoms with van der Waals surface area (Å²) in [6, 6.07) is 4.99. The number of ether oxygens (including phenoxy) is 4. The predicted molar refractivity (Wildman–Crippen MR) is 94.1 cm³/mol. The van der Waals surface area contributed by atoms with Crippen molar-refractivity contribution in [2.24, 2.45) is 0 Å². The zero-order chi connectivity index (χ0) is 18.4. The van der Waals surface area contributed by atoms with Gasteiger partial charge in [0, 0.05) is 17.8 Å². The van der Waals surface area contributed by atoms with E-state index >= 15 is 0 Å². The van der Waals surface area contributed by atoms with E-state index in [1.165, 1.54) is 32.7 Å². The van der Waals surface area contributed by atoms with Crippen molar-refractivity contribution in [2.75, 3.05) is 33.3 Å². The number of hydrogen-bond donors (Lipinski definition) is 1. The van der Waals surface area contributed by atoms with Gasteiger partial charge in [-0.3, -0.25) is 4.79 Å². The molecule has 0 spiro atoms. The first kappa shape index (κ1) is 18.6. The second-order valence-corrected chi connectivity index (χ2v) is 5.89. The van der Waals surface area contributed by atoms with E-state index in [1.54, 1.807) is 17.5 Å². The summed E-state index contributed by atoms with van der Waals surface area (Å²) in [5, 5.41) is 4.42. The van der Waals surface area contributed by atoms with Gasteiger partial charge in [-0.25, -0.2) is 4.79 Å². The number of carbonyl (C=O) groups excluding carboxylic acids is 2. The summed E-state index contributed by atoms with van der Waals surface area (Å²) < 4.78 is 20.7. The molecule has 8 heteroatoms. The van der Waals surface area contributed by atoms with Crippen LogP contribution in [0.15, 0.2) is 23.6 Å². The Hall–Kier alpha value is -2.74. The highest BCUT2D eigenvalue weighted by atomic mass is 32.1. The van der Waals surface area contributed by atoms with Crippen LogP contribution in [0.2, 0.25) is 0 Å². The molecular formula is C17H19NO6S. The highest BCUT2D eigenvalue weighted by molar-refractivity contribution is 7.12. The molecule has 0 aliphatic rings. The Morgan fingerprint density at radius 3 is 2.20 bits per heavy atom. The molecule has 7 nitrogen and oxygen atoms in total. The van der Waals surface area contributed by atoms with Crippen molar-refractivity contribution in [3.05, 3.63) is 34.0 Å². The quantitative estimate of drug-likeness (QED) is 0.760. The maximum Gasteiger partial charge on any atom is 0.349 e. The van der Waals surface area contributed by atoms with Gasteiger partial charge in [-0.15, -0.1) is 11.3 Å². The van der Waals surface area contributed by atoms with Crippen LogP contribution >= 0.6 is 11.3 Å². The van der Waals surface area contributed by atoms with Gasteiger partial charge >= 0.3 is 5.97 Å². The molecule has 0 saturated heterocycles. The summed E-state index contributed by atoms with van der Waals surface area (Å²) >= 11 is 1.27. The first-order valence-corrected chi connectivity index (χ1v) is 8.19. The standard InChI is InChI=1S/C17H19NO6S/c1-10-5-6-25-16(10)17(20)24-9-14(19)18-11-7-12(21-2)15(23-4)13(8-11)22-3/h5-8H,9H2,1-4H3,(H,18,19). The Kier molecular flexibility index (Phi) is 6.24. The molecule has 2 aromatic rings. The van der Waals surface area contributed by atoms with Crippen LogP contribution < -0.4 is 19.5 Å². The second kappa shape index (κ2) is 8.39. The molecule has 0 fully saturated rings. The molecule has 1 aromatic carbocycles. The summed E-state index contributed by atoms with van der Waals surface area (Å²) in [7, 11) is 4.45. The van der Waals surface area contributed by atoms with Crippen molar-refractivity contribution in [2.45, 2.75) is 6.92 Å². The molecule has 0 unspecified atom stereocenters. The Morgan fingerprint density at radius 2 is 1.72 bits per heavy atom. The molecule has 25 heavy (non-hydrogen) atoms. The number of rotatable bonds is 7. The predicted octanol–water partition coefficient (Wildman–Crippen LogP) is 2.88. The van der Waals surface area contributed by atoms with Gasteiger partial charge in [-0.2, -0.15) is 0 Å². The first-order valence-electron chi connectivity index (χ1n) is 7.31. The number of aryl methyl sites for hydroxylation is 1. The summed E-state index contributed by atoms with van der Waals surface area (Å²) in [6.45, 7) is 1.41. The minimum absolute atomic E-state index is 0.396. The maximum atomic E-state index is 12.0. The van der Waals surface area contributed by atoms with Crippen molar-refractivity contribution >= 4 is 28.9 Å². The Balaban J connectivity index is 2.03. The molecule has 0 aliphatic heterocycles. The van der Waals surface area contributed by atoms with E-state index in [-0.39, 0.29) is 0 Å². The number of esters is 1. The van der Waals surface area contributed by atoms with Gasteiger partial charge in [-0.05, 0) is 23.9 Å². The molecule has 1 N–H and O–H groups in total. The normalized spacial score (nSPS) is 10.1. The molecule has 1 heterocycles. The lowest BCUT2D eigenvalue weighted by molar-refractivity contribution is -0.119. The van der Waals surface area contributed by atoms with Gasteiger partial charge in [-0.1, -0.05) is 0 Å². The minimum Gasteiger partial charge on any atom is -0.493 e. The van der Waals surface area contributed by atoms with E-state index in [4.69, 9.17) is 18.9 Å². The SMILES string of the molecule is COc1cc(NC(=O)COC(=O)c2sccc2C)cc(OC)c1OC. The second-order valence-electron chi connectivity index (χ2n) is 4.97. The smallest absolute Gasteiger partial charge is 0.349 e. The van der Waals surface area contributed by atoms with E-state index in [9.17, 15) is 9.59 Å². The zero-order valence-corrected chi connectivity index (χ0v) is 15.2. The average Bonchev–Trinajstić information content (AvgIpc) is 3.04. The average molecular weight is 365 g/mol. The molecule has 1 amide bonds. The Labute approximate surface area is 149 Å². The number of anilines is 1. The summed E-state index contributed by atoms with van der Waals surface area (Å²) in [5.74, 6) is 0.235. The fourth-order valence-corrected chi connectivity index (χ4v) is 2.95. The van der Waals surface area contributed by atoms with Crippen LogP contribution in [-0.2, 0) is 9.53 Å². The molecule has 0 aliphatic carbocycles. The number of carbonyl (C=O) groups is 2. The third-order valence-corrected chi connectivity index (χ3v) is 4.33. The van der Waals surface area contributed by atoms with Crippen LogP contribution in [0.1, 0.15) is 15.2 Å². The largest absolute Gasteiger partial charge is 0.493 e. The number of methoxy groups -OCH3 is 3. The fraction of sp³-hybridized carbons (Fsp3) is 0.294. The lowest BCUT2D eigenvalue weighted by Gasteiger charge is -2.14. The van der Waals surface area contributed by atoms with Crippen LogP contribution in [0.25, 0.3) is 0 Å². The first-order chi connectivity index (χ1) is 12.0. The van der Waals surface area contributed by atoms with Crippen LogP contribution in [-0.4, -0.2) is 39.8 Å². The minimum atomic E-state index is -0.521. The number of thiophene rings is 1. The van der Waals surface area contributed by atoms with E-state index in [2.05, 4.69) is 5.32 Å². The molecule has 0 saturated carbocycles. The third kappa shape index (κ3) is 4.42. The van der Waals surface area contributed by atoms with Crippen LogP contribution in [0, 0.1) is 6.92 Å². The Bertz CT molecular complexity index is 745. The summed E-state index contributed by atoms with van der Waals surface area (Å²) in [5.41, 5.74) is 1.25. The van der Waals surface area contributed by atoms with Crippen molar-refractivity contribution in [3.63, 3.8) is 0 Å². The van der Waals surface area contributed by atoms with Gasteiger partial charge in [0.2, 0.25) is 5.75 Å². The lowest BCUT2D eigenvalue weighted by atomic mass is 10.2. The van der Waals surface area contributed by atoms with E-state index in [0.717, 1.165) is 5.56 Å². The Morgan fingerprint density at radius 1 is 1.08 bits per heavy atom. The van der Waals surface area contributed by atoms with E-state index in [1.807, 2.05) is 13.0 Å². The molecule has 0 atom stereocenters. The van der Waals surface area contributed by atoms with Gasteiger partial charge in [0.15, 0.2) is 18.1 Å². The van der Waals surface area contributed by atoms with Crippen LogP contribution in [0.3, 0.4) is 0 Å². The van der Waals surface area contributed by atoms with Gasteiger partial charge in [0.25, 0.3) is 5.91 Å². The third-order valence-electron chi connectivity index (χ3n) is 3.33. The number of amides is 1. The van der Waals surface area contributed by atoms with E-state index < -0.39 is 18.5 Å². The summed E-state index contributed by atoms with van der Waals surface area (Å²) in [4.78, 5) is 24.4. The highest BCUT2D eigenvalue weighted by Gasteiger charge is 2.16. The van der Waals surface area contributed by atoms with E-state index in [0.29, 0.717) is 27.8 Å². The van der Waals surface area contributed by atoms with Crippen LogP contribution in [0.4, 0.5) is 5.69 Å². The molecule has 0 radical (unpaired) electrons. The number of hydrogen-bond acceptors (Lipinski definition) is 7. The molecular weight excluding hydrogens is 346 g/mol. The molecule has 1 aromatic heterocycles. The van der Waals surface area contributed by atoms with Gasteiger partial charge in [0.05, 0.1) is 21.3 Å². The number of benzene rings is 1. The van der Waals surface area contributed by atoms with Crippen molar-refractivity contribution in [1.82, 2.24) is 0 Å². The van der Waals surface area contributed by atoms with Gasteiger partial charge in [0.1, 0.15) is 4.88 Å². The molecule has 0 bridgehead atoms. The monoisotopic (exact) mass is 365 g/mol. The topological polar surface area (TPSA) is 83.1 Å². The summed E-state index contributed by atoms with van der Waals surface area (Å²) in [6.07, 6.45) is 0. The number of nitrogens with one attached hydrogen (secondary N) is 1. The highest BCUT2D eigenvalue weighted by Crippen LogP contribution is 2.39. The lowest BCUT2D eigenvalue weighted by Crippen LogP contribution is -2.21. The van der Waals surface area contributed by atoms with Gasteiger partial charge < -0.3 is 24.3 Å². The maximum absolute atomic E-state index is 12.0.